The molecule has 0 spiro atoms. The van der Waals surface area contributed by atoms with Crippen LogP contribution >= 0.6 is 0 Å². The van der Waals surface area contributed by atoms with E-state index < -0.39 is 0 Å². The summed E-state index contributed by atoms with van der Waals surface area (Å²) in [5.41, 5.74) is 0. The number of carbonyl (C=O) groups excluding carboxylic acids is 1. The normalized spacial score (nSPS) is 38.8. The maximum Gasteiger partial charge on any atom is 0.241 e. The van der Waals surface area contributed by atoms with Crippen molar-refractivity contribution < 1.29 is 4.79 Å². The number of rotatable bonds is 4. The highest BCUT2D eigenvalue weighted by molar-refractivity contribution is 5.84. The van der Waals surface area contributed by atoms with E-state index in [1.54, 1.807) is 0 Å². The third-order valence-electron chi connectivity index (χ3n) is 5.35. The average Bonchev–Trinajstić information content (AvgIpc) is 2.68. The summed E-state index contributed by atoms with van der Waals surface area (Å²) in [7, 11) is 0. The van der Waals surface area contributed by atoms with Crippen molar-refractivity contribution >= 4 is 5.91 Å². The van der Waals surface area contributed by atoms with Crippen LogP contribution in [0, 0.1) is 17.8 Å². The first-order valence-corrected chi connectivity index (χ1v) is 8.52. The van der Waals surface area contributed by atoms with Crippen LogP contribution in [0.5, 0.6) is 0 Å². The van der Waals surface area contributed by atoms with Crippen LogP contribution in [0.3, 0.4) is 0 Å². The predicted octanol–water partition coefficient (Wildman–Crippen LogP) is 3.39. The van der Waals surface area contributed by atoms with Crippen LogP contribution in [0.15, 0.2) is 0 Å². The van der Waals surface area contributed by atoms with Gasteiger partial charge in [0, 0.05) is 6.04 Å². The average molecular weight is 280 g/mol. The molecule has 1 aliphatic carbocycles. The number of amides is 1. The molecule has 3 nitrogen and oxygen atoms in total. The summed E-state index contributed by atoms with van der Waals surface area (Å²) in [5, 5.41) is 3.57. The van der Waals surface area contributed by atoms with Gasteiger partial charge in [0.15, 0.2) is 0 Å². The van der Waals surface area contributed by atoms with E-state index >= 15 is 0 Å². The molecule has 2 rings (SSSR count). The van der Waals surface area contributed by atoms with Crippen molar-refractivity contribution in [3.05, 3.63) is 0 Å². The fourth-order valence-corrected chi connectivity index (χ4v) is 3.84. The molecule has 5 unspecified atom stereocenters. The summed E-state index contributed by atoms with van der Waals surface area (Å²) in [6.07, 6.45) is 5.87. The van der Waals surface area contributed by atoms with E-state index in [2.05, 4.69) is 44.8 Å². The van der Waals surface area contributed by atoms with Crippen LogP contribution in [0.25, 0.3) is 0 Å². The van der Waals surface area contributed by atoms with E-state index in [1.807, 2.05) is 0 Å². The monoisotopic (exact) mass is 280 g/mol. The van der Waals surface area contributed by atoms with Crippen LogP contribution in [0.4, 0.5) is 0 Å². The molecule has 1 aliphatic heterocycles. The third-order valence-corrected chi connectivity index (χ3v) is 5.35. The van der Waals surface area contributed by atoms with Gasteiger partial charge in [0.2, 0.25) is 5.91 Å². The second-order valence-corrected chi connectivity index (χ2v) is 7.44. The smallest absolute Gasteiger partial charge is 0.241 e. The summed E-state index contributed by atoms with van der Waals surface area (Å²) in [4.78, 5) is 14.9. The molecule has 5 atom stereocenters. The SMILES string of the molecule is CCC1NC(CC(C)C)N(C2CCC(C)C(C)C2)C1=O. The zero-order chi connectivity index (χ0) is 14.9. The Balaban J connectivity index is 2.11. The topological polar surface area (TPSA) is 32.3 Å². The molecule has 0 aromatic carbocycles. The molecule has 0 aromatic heterocycles. The van der Waals surface area contributed by atoms with E-state index in [9.17, 15) is 4.79 Å². The summed E-state index contributed by atoms with van der Waals surface area (Å²) >= 11 is 0. The highest BCUT2D eigenvalue weighted by atomic mass is 16.2. The Morgan fingerprint density at radius 1 is 1.25 bits per heavy atom. The maximum absolute atomic E-state index is 12.7. The van der Waals surface area contributed by atoms with Crippen molar-refractivity contribution in [3.63, 3.8) is 0 Å². The molecule has 2 fully saturated rings. The Hall–Kier alpha value is -0.570. The molecule has 0 radical (unpaired) electrons. The molecule has 0 aromatic rings. The van der Waals surface area contributed by atoms with Gasteiger partial charge >= 0.3 is 0 Å². The number of hydrogen-bond donors (Lipinski definition) is 1. The van der Waals surface area contributed by atoms with Gasteiger partial charge in [0.05, 0.1) is 12.2 Å². The van der Waals surface area contributed by atoms with Gasteiger partial charge in [0.1, 0.15) is 0 Å². The van der Waals surface area contributed by atoms with E-state index in [-0.39, 0.29) is 12.2 Å². The van der Waals surface area contributed by atoms with Gasteiger partial charge < -0.3 is 4.90 Å². The van der Waals surface area contributed by atoms with E-state index in [4.69, 9.17) is 0 Å². The summed E-state index contributed by atoms with van der Waals surface area (Å²) in [5.74, 6) is 2.52. The third kappa shape index (κ3) is 3.19. The number of carbonyl (C=O) groups is 1. The summed E-state index contributed by atoms with van der Waals surface area (Å²) < 4.78 is 0. The number of nitrogens with zero attached hydrogens (tertiary/aromatic N) is 1. The lowest BCUT2D eigenvalue weighted by molar-refractivity contribution is -0.133. The highest BCUT2D eigenvalue weighted by Gasteiger charge is 2.43. The van der Waals surface area contributed by atoms with E-state index in [0.29, 0.717) is 17.9 Å². The van der Waals surface area contributed by atoms with Crippen LogP contribution in [-0.4, -0.2) is 29.1 Å². The zero-order valence-corrected chi connectivity index (χ0v) is 13.9. The van der Waals surface area contributed by atoms with Gasteiger partial charge in [-0.1, -0.05) is 34.6 Å². The minimum Gasteiger partial charge on any atom is -0.323 e. The van der Waals surface area contributed by atoms with Crippen molar-refractivity contribution in [2.24, 2.45) is 17.8 Å². The van der Waals surface area contributed by atoms with Crippen molar-refractivity contribution in [2.45, 2.75) is 85.0 Å². The highest BCUT2D eigenvalue weighted by Crippen LogP contribution is 2.35. The van der Waals surface area contributed by atoms with Gasteiger partial charge in [-0.15, -0.1) is 0 Å². The van der Waals surface area contributed by atoms with Gasteiger partial charge in [-0.2, -0.15) is 0 Å². The number of nitrogens with one attached hydrogen (secondary N) is 1. The first-order valence-electron chi connectivity index (χ1n) is 8.52. The molecular formula is C17H32N2O. The lowest BCUT2D eigenvalue weighted by Gasteiger charge is -2.40. The van der Waals surface area contributed by atoms with Crippen LogP contribution in [0.1, 0.15) is 66.7 Å². The van der Waals surface area contributed by atoms with Crippen LogP contribution in [-0.2, 0) is 4.79 Å². The summed E-state index contributed by atoms with van der Waals surface area (Å²) in [6.45, 7) is 11.3. The molecule has 2 aliphatic rings. The van der Waals surface area contributed by atoms with Gasteiger partial charge in [-0.25, -0.2) is 0 Å². The van der Waals surface area contributed by atoms with Crippen LogP contribution < -0.4 is 5.32 Å². The fourth-order valence-electron chi connectivity index (χ4n) is 3.84. The molecule has 1 saturated carbocycles. The van der Waals surface area contributed by atoms with Crippen molar-refractivity contribution in [2.75, 3.05) is 0 Å². The van der Waals surface area contributed by atoms with Crippen molar-refractivity contribution in [3.8, 4) is 0 Å². The standard InChI is InChI=1S/C17H32N2O/c1-6-15-17(20)19(16(18-15)9-11(2)3)14-8-7-12(4)13(5)10-14/h11-16,18H,6-10H2,1-5H3. The van der Waals surface area contributed by atoms with E-state index in [1.165, 1.54) is 19.3 Å². The first kappa shape index (κ1) is 15.8. The lowest BCUT2D eigenvalue weighted by Crippen LogP contribution is -2.47. The van der Waals surface area contributed by atoms with Crippen LogP contribution in [0.2, 0.25) is 0 Å². The molecule has 1 amide bonds. The molecule has 20 heavy (non-hydrogen) atoms. The molecule has 1 N–H and O–H groups in total. The Morgan fingerprint density at radius 3 is 2.50 bits per heavy atom. The zero-order valence-electron chi connectivity index (χ0n) is 13.9. The van der Waals surface area contributed by atoms with Crippen molar-refractivity contribution in [1.82, 2.24) is 10.2 Å². The molecule has 0 bridgehead atoms. The predicted molar refractivity (Wildman–Crippen MR) is 83.3 cm³/mol. The quantitative estimate of drug-likeness (QED) is 0.856. The molecular weight excluding hydrogens is 248 g/mol. The fraction of sp³-hybridized carbons (Fsp3) is 0.941. The molecule has 1 saturated heterocycles. The largest absolute Gasteiger partial charge is 0.323 e. The first-order chi connectivity index (χ1) is 9.43. The van der Waals surface area contributed by atoms with Gasteiger partial charge in [-0.3, -0.25) is 10.1 Å². The Morgan fingerprint density at radius 2 is 1.95 bits per heavy atom. The van der Waals surface area contributed by atoms with Gasteiger partial charge in [0.25, 0.3) is 0 Å². The summed E-state index contributed by atoms with van der Waals surface area (Å²) in [6, 6.07) is 0.509. The van der Waals surface area contributed by atoms with Crippen molar-refractivity contribution in [1.29, 1.82) is 0 Å². The van der Waals surface area contributed by atoms with E-state index in [0.717, 1.165) is 24.7 Å². The number of hydrogen-bond acceptors (Lipinski definition) is 2. The second kappa shape index (κ2) is 6.46. The molecule has 3 heteroatoms. The lowest BCUT2D eigenvalue weighted by atomic mass is 9.78. The molecule has 1 heterocycles. The second-order valence-electron chi connectivity index (χ2n) is 7.44. The Kier molecular flexibility index (Phi) is 5.11. The Bertz CT molecular complexity index is 342. The Labute approximate surface area is 124 Å². The minimum atomic E-state index is 0.0495. The van der Waals surface area contributed by atoms with Gasteiger partial charge in [-0.05, 0) is 49.9 Å². The minimum absolute atomic E-state index is 0.0495. The maximum atomic E-state index is 12.7. The molecule has 116 valence electrons.